The van der Waals surface area contributed by atoms with E-state index < -0.39 is 0 Å². The summed E-state index contributed by atoms with van der Waals surface area (Å²) in [6, 6.07) is 0. The Morgan fingerprint density at radius 2 is 1.83 bits per heavy atom. The first kappa shape index (κ1) is 13.9. The van der Waals surface area contributed by atoms with E-state index in [1.54, 1.807) is 0 Å². The van der Waals surface area contributed by atoms with Gasteiger partial charge >= 0.3 is 0 Å². The summed E-state index contributed by atoms with van der Waals surface area (Å²) < 4.78 is 0. The zero-order chi connectivity index (χ0) is 13.0. The summed E-state index contributed by atoms with van der Waals surface area (Å²) in [7, 11) is 0. The van der Waals surface area contributed by atoms with Crippen LogP contribution in [0, 0.1) is 11.8 Å². The summed E-state index contributed by atoms with van der Waals surface area (Å²) in [6.45, 7) is 2.89. The van der Waals surface area contributed by atoms with Crippen molar-refractivity contribution in [2.75, 3.05) is 6.54 Å². The molecule has 2 fully saturated rings. The number of carbonyl (C=O) groups is 1. The average molecular weight is 252 g/mol. The van der Waals surface area contributed by atoms with Crippen LogP contribution in [-0.4, -0.2) is 18.0 Å². The van der Waals surface area contributed by atoms with Gasteiger partial charge in [0.2, 0.25) is 5.91 Å². The van der Waals surface area contributed by atoms with E-state index in [1.165, 1.54) is 38.5 Å². The van der Waals surface area contributed by atoms with E-state index in [1.807, 2.05) is 0 Å². The fourth-order valence-corrected chi connectivity index (χ4v) is 3.52. The maximum absolute atomic E-state index is 12.1. The highest BCUT2D eigenvalue weighted by atomic mass is 16.1. The van der Waals surface area contributed by atoms with E-state index in [0.717, 1.165) is 25.2 Å². The molecule has 1 amide bonds. The first-order chi connectivity index (χ1) is 8.63. The lowest BCUT2D eigenvalue weighted by atomic mass is 9.77. The Bertz CT molecular complexity index is 276. The first-order valence-corrected chi connectivity index (χ1v) is 7.65. The maximum Gasteiger partial charge on any atom is 0.220 e. The molecule has 3 nitrogen and oxygen atoms in total. The Hall–Kier alpha value is -0.570. The van der Waals surface area contributed by atoms with E-state index in [2.05, 4.69) is 12.2 Å². The lowest BCUT2D eigenvalue weighted by Crippen LogP contribution is -2.55. The van der Waals surface area contributed by atoms with Crippen molar-refractivity contribution in [3.05, 3.63) is 0 Å². The fourth-order valence-electron chi connectivity index (χ4n) is 3.52. The summed E-state index contributed by atoms with van der Waals surface area (Å²) >= 11 is 0. The summed E-state index contributed by atoms with van der Waals surface area (Å²) in [5, 5.41) is 3.27. The van der Waals surface area contributed by atoms with Crippen LogP contribution in [-0.2, 0) is 4.79 Å². The van der Waals surface area contributed by atoms with Crippen LogP contribution in [0.25, 0.3) is 0 Å². The highest BCUT2D eigenvalue weighted by Gasteiger charge is 2.34. The molecule has 3 N–H and O–H groups in total. The van der Waals surface area contributed by atoms with E-state index in [-0.39, 0.29) is 11.4 Å². The third-order valence-electron chi connectivity index (χ3n) is 4.98. The van der Waals surface area contributed by atoms with E-state index in [9.17, 15) is 4.79 Å². The number of rotatable bonds is 4. The standard InChI is InChI=1S/C15H28N2O/c1-12-6-8-15(11-16,9-7-12)17-14(18)10-13-4-2-3-5-13/h12-13H,2-11,16H2,1H3,(H,17,18). The minimum absolute atomic E-state index is 0.0950. The number of hydrogen-bond donors (Lipinski definition) is 2. The van der Waals surface area contributed by atoms with Gasteiger partial charge in [-0.3, -0.25) is 4.79 Å². The molecule has 2 rings (SSSR count). The van der Waals surface area contributed by atoms with Crippen molar-refractivity contribution in [1.82, 2.24) is 5.32 Å². The lowest BCUT2D eigenvalue weighted by molar-refractivity contribution is -0.124. The predicted molar refractivity (Wildman–Crippen MR) is 74.1 cm³/mol. The molecule has 0 aromatic rings. The summed E-state index contributed by atoms with van der Waals surface area (Å²) in [5.41, 5.74) is 5.83. The SMILES string of the molecule is CC1CCC(CN)(NC(=O)CC2CCCC2)CC1. The number of carbonyl (C=O) groups excluding carboxylic acids is 1. The minimum Gasteiger partial charge on any atom is -0.349 e. The molecule has 0 atom stereocenters. The Morgan fingerprint density at radius 3 is 2.39 bits per heavy atom. The van der Waals surface area contributed by atoms with Gasteiger partial charge < -0.3 is 11.1 Å². The second kappa shape index (κ2) is 6.05. The van der Waals surface area contributed by atoms with Gasteiger partial charge in [0.25, 0.3) is 0 Å². The molecule has 0 bridgehead atoms. The molecular weight excluding hydrogens is 224 g/mol. The molecule has 0 radical (unpaired) electrons. The van der Waals surface area contributed by atoms with E-state index >= 15 is 0 Å². The van der Waals surface area contributed by atoms with Gasteiger partial charge in [-0.2, -0.15) is 0 Å². The Kier molecular flexibility index (Phi) is 4.66. The molecular formula is C15H28N2O. The third kappa shape index (κ3) is 3.47. The van der Waals surface area contributed by atoms with Crippen LogP contribution in [0.5, 0.6) is 0 Å². The van der Waals surface area contributed by atoms with Gasteiger partial charge in [0.15, 0.2) is 0 Å². The summed E-state index contributed by atoms with van der Waals surface area (Å²) in [6.07, 6.45) is 10.3. The van der Waals surface area contributed by atoms with Gasteiger partial charge in [0, 0.05) is 13.0 Å². The number of nitrogens with two attached hydrogens (primary N) is 1. The monoisotopic (exact) mass is 252 g/mol. The fraction of sp³-hybridized carbons (Fsp3) is 0.933. The normalized spacial score (nSPS) is 33.6. The zero-order valence-electron chi connectivity index (χ0n) is 11.7. The second-order valence-electron chi connectivity index (χ2n) is 6.57. The molecule has 0 saturated heterocycles. The van der Waals surface area contributed by atoms with Crippen molar-refractivity contribution < 1.29 is 4.79 Å². The Morgan fingerprint density at radius 1 is 1.22 bits per heavy atom. The topological polar surface area (TPSA) is 55.1 Å². The minimum atomic E-state index is -0.0950. The molecule has 0 aromatic heterocycles. The van der Waals surface area contributed by atoms with Crippen molar-refractivity contribution in [3.8, 4) is 0 Å². The second-order valence-corrected chi connectivity index (χ2v) is 6.57. The van der Waals surface area contributed by atoms with Gasteiger partial charge in [0.1, 0.15) is 0 Å². The van der Waals surface area contributed by atoms with Crippen LogP contribution < -0.4 is 11.1 Å². The predicted octanol–water partition coefficient (Wildman–Crippen LogP) is 2.59. The number of nitrogens with one attached hydrogen (secondary N) is 1. The lowest BCUT2D eigenvalue weighted by Gasteiger charge is -2.39. The van der Waals surface area contributed by atoms with Gasteiger partial charge in [-0.1, -0.05) is 19.8 Å². The smallest absolute Gasteiger partial charge is 0.220 e. The molecule has 0 aliphatic heterocycles. The first-order valence-electron chi connectivity index (χ1n) is 7.65. The number of amides is 1. The maximum atomic E-state index is 12.1. The highest BCUT2D eigenvalue weighted by molar-refractivity contribution is 5.77. The van der Waals surface area contributed by atoms with Crippen molar-refractivity contribution in [1.29, 1.82) is 0 Å². The summed E-state index contributed by atoms with van der Waals surface area (Å²) in [5.74, 6) is 1.65. The van der Waals surface area contributed by atoms with Gasteiger partial charge in [-0.15, -0.1) is 0 Å². The van der Waals surface area contributed by atoms with Crippen LogP contribution >= 0.6 is 0 Å². The quantitative estimate of drug-likeness (QED) is 0.808. The Balaban J connectivity index is 1.83. The molecule has 2 aliphatic rings. The molecule has 0 unspecified atom stereocenters. The van der Waals surface area contributed by atoms with Crippen molar-refractivity contribution in [2.24, 2.45) is 17.6 Å². The molecule has 2 saturated carbocycles. The van der Waals surface area contributed by atoms with Gasteiger partial charge in [0.05, 0.1) is 5.54 Å². The summed E-state index contributed by atoms with van der Waals surface area (Å²) in [4.78, 5) is 12.1. The average Bonchev–Trinajstić information content (AvgIpc) is 2.85. The van der Waals surface area contributed by atoms with Crippen LogP contribution in [0.2, 0.25) is 0 Å². The molecule has 18 heavy (non-hydrogen) atoms. The van der Waals surface area contributed by atoms with Crippen LogP contribution in [0.15, 0.2) is 0 Å². The molecule has 0 aromatic carbocycles. The molecule has 104 valence electrons. The number of hydrogen-bond acceptors (Lipinski definition) is 2. The van der Waals surface area contributed by atoms with Crippen LogP contribution in [0.1, 0.15) is 64.7 Å². The molecule has 2 aliphatic carbocycles. The zero-order valence-corrected chi connectivity index (χ0v) is 11.7. The van der Waals surface area contributed by atoms with Gasteiger partial charge in [-0.05, 0) is 50.4 Å². The van der Waals surface area contributed by atoms with Crippen molar-refractivity contribution >= 4 is 5.91 Å². The molecule has 0 heterocycles. The van der Waals surface area contributed by atoms with Crippen molar-refractivity contribution in [3.63, 3.8) is 0 Å². The van der Waals surface area contributed by atoms with Gasteiger partial charge in [-0.25, -0.2) is 0 Å². The van der Waals surface area contributed by atoms with E-state index in [4.69, 9.17) is 5.73 Å². The van der Waals surface area contributed by atoms with Crippen LogP contribution in [0.3, 0.4) is 0 Å². The largest absolute Gasteiger partial charge is 0.349 e. The van der Waals surface area contributed by atoms with Crippen molar-refractivity contribution in [2.45, 2.75) is 70.3 Å². The molecule has 3 heteroatoms. The highest BCUT2D eigenvalue weighted by Crippen LogP contribution is 2.32. The molecule has 0 spiro atoms. The van der Waals surface area contributed by atoms with E-state index in [0.29, 0.717) is 12.5 Å². The van der Waals surface area contributed by atoms with Crippen LogP contribution in [0.4, 0.5) is 0 Å². The Labute approximate surface area is 111 Å². The third-order valence-corrected chi connectivity index (χ3v) is 4.98.